The average molecular weight is 399 g/mol. The number of nitrogens with zero attached hydrogens (tertiary/aromatic N) is 4. The van der Waals surface area contributed by atoms with Crippen LogP contribution in [0.3, 0.4) is 0 Å². The fraction of sp³-hybridized carbons (Fsp3) is 0.250. The Morgan fingerprint density at radius 2 is 1.90 bits per heavy atom. The average Bonchev–Trinajstić information content (AvgIpc) is 2.78. The molecule has 0 radical (unpaired) electrons. The van der Waals surface area contributed by atoms with E-state index in [0.29, 0.717) is 18.2 Å². The molecule has 1 saturated heterocycles. The van der Waals surface area contributed by atoms with E-state index in [9.17, 15) is 4.79 Å². The summed E-state index contributed by atoms with van der Waals surface area (Å²) in [5.41, 5.74) is 1.87. The molecule has 6 heteroatoms. The summed E-state index contributed by atoms with van der Waals surface area (Å²) in [4.78, 5) is 28.5. The highest BCUT2D eigenvalue weighted by Crippen LogP contribution is 2.30. The Morgan fingerprint density at radius 1 is 1.07 bits per heavy atom. The van der Waals surface area contributed by atoms with Crippen molar-refractivity contribution in [3.8, 4) is 0 Å². The number of benzene rings is 1. The molecule has 1 aliphatic rings. The van der Waals surface area contributed by atoms with Crippen LogP contribution in [0.4, 0.5) is 11.6 Å². The minimum atomic E-state index is -0.129. The van der Waals surface area contributed by atoms with Crippen molar-refractivity contribution < 1.29 is 4.79 Å². The van der Waals surface area contributed by atoms with Gasteiger partial charge in [0.1, 0.15) is 11.6 Å². The number of likely N-dealkylation sites (tertiary alicyclic amines) is 1. The Kier molecular flexibility index (Phi) is 6.13. The molecule has 0 saturated carbocycles. The van der Waals surface area contributed by atoms with Gasteiger partial charge in [-0.2, -0.15) is 0 Å². The summed E-state index contributed by atoms with van der Waals surface area (Å²) in [5.74, 6) is 2.08. The van der Waals surface area contributed by atoms with Crippen LogP contribution in [0.1, 0.15) is 42.4 Å². The fourth-order valence-electron chi connectivity index (χ4n) is 3.66. The van der Waals surface area contributed by atoms with Crippen LogP contribution in [0.2, 0.25) is 0 Å². The number of anilines is 2. The molecule has 1 atom stereocenters. The van der Waals surface area contributed by atoms with Crippen molar-refractivity contribution >= 4 is 23.6 Å². The van der Waals surface area contributed by atoms with Gasteiger partial charge in [0.05, 0.1) is 6.04 Å². The van der Waals surface area contributed by atoms with E-state index in [4.69, 9.17) is 4.98 Å². The number of hydrogen-bond acceptors (Lipinski definition) is 5. The van der Waals surface area contributed by atoms with E-state index in [1.807, 2.05) is 72.5 Å². The molecule has 1 aliphatic heterocycles. The SMILES string of the molecule is Cc1cc(Nc2ccccn2)nc(C2CCCCN2C(=O)/C=C/c2ccccc2)n1. The van der Waals surface area contributed by atoms with E-state index < -0.39 is 0 Å². The molecule has 3 heterocycles. The van der Waals surface area contributed by atoms with Crippen molar-refractivity contribution in [3.05, 3.63) is 84.0 Å². The quantitative estimate of drug-likeness (QED) is 0.630. The van der Waals surface area contributed by atoms with Gasteiger partial charge in [0, 0.05) is 30.6 Å². The van der Waals surface area contributed by atoms with Gasteiger partial charge >= 0.3 is 0 Å². The number of carbonyl (C=O) groups is 1. The van der Waals surface area contributed by atoms with Gasteiger partial charge in [0.15, 0.2) is 5.82 Å². The third-order valence-corrected chi connectivity index (χ3v) is 5.09. The van der Waals surface area contributed by atoms with Crippen LogP contribution < -0.4 is 5.32 Å². The molecule has 6 nitrogen and oxygen atoms in total. The fourth-order valence-corrected chi connectivity index (χ4v) is 3.66. The molecule has 1 amide bonds. The zero-order chi connectivity index (χ0) is 20.8. The summed E-state index contributed by atoms with van der Waals surface area (Å²) < 4.78 is 0. The van der Waals surface area contributed by atoms with E-state index in [-0.39, 0.29) is 11.9 Å². The van der Waals surface area contributed by atoms with Crippen LogP contribution in [-0.2, 0) is 4.79 Å². The lowest BCUT2D eigenvalue weighted by Crippen LogP contribution is -2.38. The molecule has 152 valence electrons. The molecular formula is C24H25N5O. The number of aromatic nitrogens is 3. The maximum atomic E-state index is 13.0. The van der Waals surface area contributed by atoms with Gasteiger partial charge in [-0.25, -0.2) is 15.0 Å². The van der Waals surface area contributed by atoms with E-state index >= 15 is 0 Å². The van der Waals surface area contributed by atoms with Crippen LogP contribution in [0.5, 0.6) is 0 Å². The Morgan fingerprint density at radius 3 is 2.70 bits per heavy atom. The van der Waals surface area contributed by atoms with Gasteiger partial charge < -0.3 is 10.2 Å². The number of carbonyl (C=O) groups excluding carboxylic acids is 1. The lowest BCUT2D eigenvalue weighted by molar-refractivity contribution is -0.129. The van der Waals surface area contributed by atoms with Gasteiger partial charge in [0.2, 0.25) is 5.91 Å². The number of hydrogen-bond donors (Lipinski definition) is 1. The molecule has 0 spiro atoms. The molecule has 0 bridgehead atoms. The molecule has 1 aromatic carbocycles. The first-order valence-corrected chi connectivity index (χ1v) is 10.3. The monoisotopic (exact) mass is 399 g/mol. The highest BCUT2D eigenvalue weighted by molar-refractivity contribution is 5.92. The maximum absolute atomic E-state index is 13.0. The molecular weight excluding hydrogens is 374 g/mol. The molecule has 1 fully saturated rings. The van der Waals surface area contributed by atoms with E-state index in [1.54, 1.807) is 12.3 Å². The topological polar surface area (TPSA) is 71.0 Å². The van der Waals surface area contributed by atoms with E-state index in [0.717, 1.165) is 36.3 Å². The highest BCUT2D eigenvalue weighted by Gasteiger charge is 2.29. The van der Waals surface area contributed by atoms with Crippen molar-refractivity contribution in [1.82, 2.24) is 19.9 Å². The highest BCUT2D eigenvalue weighted by atomic mass is 16.2. The van der Waals surface area contributed by atoms with Gasteiger partial charge in [-0.1, -0.05) is 36.4 Å². The molecule has 1 N–H and O–H groups in total. The zero-order valence-corrected chi connectivity index (χ0v) is 17.0. The summed E-state index contributed by atoms with van der Waals surface area (Å²) in [5, 5.41) is 3.24. The zero-order valence-electron chi connectivity index (χ0n) is 17.0. The second-order valence-corrected chi connectivity index (χ2v) is 7.38. The molecule has 3 aromatic rings. The van der Waals surface area contributed by atoms with E-state index in [2.05, 4.69) is 15.3 Å². The van der Waals surface area contributed by atoms with Crippen molar-refractivity contribution in [2.75, 3.05) is 11.9 Å². The Bertz CT molecular complexity index is 1020. The van der Waals surface area contributed by atoms with Crippen molar-refractivity contribution in [1.29, 1.82) is 0 Å². The summed E-state index contributed by atoms with van der Waals surface area (Å²) in [6.07, 6.45) is 8.15. The normalized spacial score (nSPS) is 16.6. The smallest absolute Gasteiger partial charge is 0.247 e. The summed E-state index contributed by atoms with van der Waals surface area (Å²) in [6.45, 7) is 2.65. The Balaban J connectivity index is 1.56. The third-order valence-electron chi connectivity index (χ3n) is 5.09. The van der Waals surface area contributed by atoms with E-state index in [1.165, 1.54) is 0 Å². The van der Waals surface area contributed by atoms with Crippen LogP contribution in [0.25, 0.3) is 6.08 Å². The van der Waals surface area contributed by atoms with Gasteiger partial charge in [-0.05, 0) is 50.0 Å². The van der Waals surface area contributed by atoms with Crippen LogP contribution >= 0.6 is 0 Å². The number of pyridine rings is 1. The summed E-state index contributed by atoms with van der Waals surface area (Å²) >= 11 is 0. The molecule has 0 aliphatic carbocycles. The van der Waals surface area contributed by atoms with Gasteiger partial charge in [-0.3, -0.25) is 4.79 Å². The predicted molar refractivity (Wildman–Crippen MR) is 118 cm³/mol. The first-order valence-electron chi connectivity index (χ1n) is 10.3. The van der Waals surface area contributed by atoms with Crippen LogP contribution in [0.15, 0.2) is 66.9 Å². The molecule has 30 heavy (non-hydrogen) atoms. The standard InChI is InChI=1S/C24H25N5O/c1-18-17-22(27-21-12-5-7-15-25-21)28-24(26-18)20-11-6-8-16-29(20)23(30)14-13-19-9-3-2-4-10-19/h2-5,7,9-10,12-15,17,20H,6,8,11,16H2,1H3,(H,25,26,27,28)/b14-13+. The Hall–Kier alpha value is -3.54. The largest absolute Gasteiger partial charge is 0.329 e. The van der Waals surface area contributed by atoms with Crippen LogP contribution in [-0.4, -0.2) is 32.3 Å². The van der Waals surface area contributed by atoms with Crippen molar-refractivity contribution in [3.63, 3.8) is 0 Å². The van der Waals surface area contributed by atoms with Crippen molar-refractivity contribution in [2.45, 2.75) is 32.2 Å². The number of aryl methyl sites for hydroxylation is 1. The van der Waals surface area contributed by atoms with Crippen molar-refractivity contribution in [2.24, 2.45) is 0 Å². The second kappa shape index (κ2) is 9.31. The van der Waals surface area contributed by atoms with Crippen LogP contribution in [0, 0.1) is 6.92 Å². The lowest BCUT2D eigenvalue weighted by atomic mass is 10.0. The summed E-state index contributed by atoms with van der Waals surface area (Å²) in [6, 6.07) is 17.3. The number of nitrogens with one attached hydrogen (secondary N) is 1. The second-order valence-electron chi connectivity index (χ2n) is 7.38. The van der Waals surface area contributed by atoms with Gasteiger partial charge in [-0.15, -0.1) is 0 Å². The first-order chi connectivity index (χ1) is 14.7. The molecule has 4 rings (SSSR count). The minimum absolute atomic E-state index is 0.00658. The molecule has 1 unspecified atom stereocenters. The summed E-state index contributed by atoms with van der Waals surface area (Å²) in [7, 11) is 0. The predicted octanol–water partition coefficient (Wildman–Crippen LogP) is 4.69. The number of rotatable bonds is 5. The third kappa shape index (κ3) is 4.89. The lowest BCUT2D eigenvalue weighted by Gasteiger charge is -2.34. The van der Waals surface area contributed by atoms with Gasteiger partial charge in [0.25, 0.3) is 0 Å². The minimum Gasteiger partial charge on any atom is -0.329 e. The number of amides is 1. The molecule has 2 aromatic heterocycles. The first kappa shape index (κ1) is 19.8. The maximum Gasteiger partial charge on any atom is 0.247 e. The number of piperidine rings is 1. The Labute approximate surface area is 176 Å².